The van der Waals surface area contributed by atoms with Crippen LogP contribution in [0.15, 0.2) is 0 Å². The first-order valence-electron chi connectivity index (χ1n) is 6.77. The van der Waals surface area contributed by atoms with Gasteiger partial charge >= 0.3 is 12.0 Å². The molecule has 5 heteroatoms. The molecule has 0 bridgehead atoms. The Morgan fingerprint density at radius 3 is 2.28 bits per heavy atom. The number of hydrogen-bond acceptors (Lipinski definition) is 2. The molecule has 2 N–H and O–H groups in total. The van der Waals surface area contributed by atoms with Crippen LogP contribution in [0.4, 0.5) is 4.79 Å². The van der Waals surface area contributed by atoms with E-state index in [1.807, 2.05) is 6.92 Å². The van der Waals surface area contributed by atoms with Crippen LogP contribution in [-0.4, -0.2) is 41.6 Å². The average molecular weight is 258 g/mol. The number of nitrogens with zero attached hydrogens (tertiary/aromatic N) is 1. The summed E-state index contributed by atoms with van der Waals surface area (Å²) in [7, 11) is 1.70. The highest BCUT2D eigenvalue weighted by molar-refractivity contribution is 5.82. The molecule has 0 radical (unpaired) electrons. The van der Waals surface area contributed by atoms with Gasteiger partial charge in [0.25, 0.3) is 0 Å². The van der Waals surface area contributed by atoms with Crippen molar-refractivity contribution in [3.8, 4) is 0 Å². The van der Waals surface area contributed by atoms with Crippen LogP contribution in [0.2, 0.25) is 0 Å². The Hall–Kier alpha value is -1.26. The van der Waals surface area contributed by atoms with Gasteiger partial charge < -0.3 is 15.3 Å². The number of carboxylic acids is 1. The lowest BCUT2D eigenvalue weighted by atomic mass is 10.1. The van der Waals surface area contributed by atoms with Gasteiger partial charge in [-0.3, -0.25) is 0 Å². The van der Waals surface area contributed by atoms with E-state index in [9.17, 15) is 9.59 Å². The molecule has 0 heterocycles. The number of hydrogen-bond donors (Lipinski definition) is 2. The quantitative estimate of drug-likeness (QED) is 0.624. The molecule has 0 aliphatic carbocycles. The van der Waals surface area contributed by atoms with Crippen molar-refractivity contribution in [3.05, 3.63) is 0 Å². The highest BCUT2D eigenvalue weighted by Crippen LogP contribution is 2.02. The molecule has 0 saturated heterocycles. The van der Waals surface area contributed by atoms with E-state index in [0.717, 1.165) is 32.1 Å². The molecule has 0 rings (SSSR count). The second kappa shape index (κ2) is 9.74. The van der Waals surface area contributed by atoms with Crippen LogP contribution in [0, 0.1) is 0 Å². The van der Waals surface area contributed by atoms with E-state index in [1.54, 1.807) is 11.9 Å². The van der Waals surface area contributed by atoms with Gasteiger partial charge in [0.1, 0.15) is 6.04 Å². The summed E-state index contributed by atoms with van der Waals surface area (Å²) in [4.78, 5) is 24.3. The number of rotatable bonds is 9. The van der Waals surface area contributed by atoms with Gasteiger partial charge in [-0.15, -0.1) is 0 Å². The lowest BCUT2D eigenvalue weighted by Crippen LogP contribution is -2.46. The highest BCUT2D eigenvalue weighted by atomic mass is 16.4. The Morgan fingerprint density at radius 1 is 1.17 bits per heavy atom. The maximum absolute atomic E-state index is 11.8. The molecular formula is C13H26N2O3. The zero-order valence-electron chi connectivity index (χ0n) is 11.7. The lowest BCUT2D eigenvalue weighted by Gasteiger charge is -2.21. The van der Waals surface area contributed by atoms with E-state index in [2.05, 4.69) is 12.2 Å². The number of carbonyl (C=O) groups is 2. The van der Waals surface area contributed by atoms with Gasteiger partial charge in [0.05, 0.1) is 0 Å². The second-order valence-electron chi connectivity index (χ2n) is 4.61. The van der Waals surface area contributed by atoms with Crippen molar-refractivity contribution in [3.63, 3.8) is 0 Å². The maximum Gasteiger partial charge on any atom is 0.326 e. The molecule has 0 aromatic heterocycles. The van der Waals surface area contributed by atoms with Crippen LogP contribution in [0.1, 0.15) is 52.4 Å². The molecule has 0 aliphatic heterocycles. The maximum atomic E-state index is 11.8. The van der Waals surface area contributed by atoms with E-state index >= 15 is 0 Å². The van der Waals surface area contributed by atoms with Crippen molar-refractivity contribution in [2.45, 2.75) is 58.4 Å². The minimum atomic E-state index is -0.959. The first kappa shape index (κ1) is 16.7. The zero-order valence-corrected chi connectivity index (χ0v) is 11.7. The molecule has 0 aliphatic rings. The van der Waals surface area contributed by atoms with E-state index in [1.165, 1.54) is 0 Å². The molecule has 0 spiro atoms. The number of nitrogens with one attached hydrogen (secondary N) is 1. The lowest BCUT2D eigenvalue weighted by molar-refractivity contribution is -0.139. The normalized spacial score (nSPS) is 11.9. The Bertz CT molecular complexity index is 257. The summed E-state index contributed by atoms with van der Waals surface area (Å²) in [6, 6.07) is -1.07. The van der Waals surface area contributed by atoms with Gasteiger partial charge in [-0.2, -0.15) is 0 Å². The van der Waals surface area contributed by atoms with Crippen LogP contribution in [0.3, 0.4) is 0 Å². The number of aliphatic carboxylic acids is 1. The molecular weight excluding hydrogens is 232 g/mol. The molecule has 1 atom stereocenters. The zero-order chi connectivity index (χ0) is 14.0. The first-order chi connectivity index (χ1) is 8.52. The molecule has 2 amide bonds. The largest absolute Gasteiger partial charge is 0.480 e. The average Bonchev–Trinajstić information content (AvgIpc) is 2.33. The standard InChI is InChI=1S/C13H26N2O3/c1-4-6-8-10-15(3)13(18)14-11(12(16)17)9-7-5-2/h11H,4-10H2,1-3H3,(H,14,18)(H,16,17)/t11-/m0/s1. The minimum absolute atomic E-state index is 0.297. The molecule has 0 aromatic rings. The number of urea groups is 1. The third kappa shape index (κ3) is 7.14. The van der Waals surface area contributed by atoms with E-state index in [4.69, 9.17) is 5.11 Å². The summed E-state index contributed by atoms with van der Waals surface area (Å²) >= 11 is 0. The summed E-state index contributed by atoms with van der Waals surface area (Å²) in [5.74, 6) is -0.959. The number of amides is 2. The van der Waals surface area contributed by atoms with Crippen molar-refractivity contribution in [2.24, 2.45) is 0 Å². The highest BCUT2D eigenvalue weighted by Gasteiger charge is 2.20. The fourth-order valence-electron chi connectivity index (χ4n) is 1.63. The van der Waals surface area contributed by atoms with Crippen LogP contribution in [-0.2, 0) is 4.79 Å². The predicted molar refractivity (Wildman–Crippen MR) is 71.6 cm³/mol. The number of unbranched alkanes of at least 4 members (excludes halogenated alkanes) is 3. The third-order valence-electron chi connectivity index (χ3n) is 2.89. The number of carboxylic acid groups (broad SMARTS) is 1. The van der Waals surface area contributed by atoms with Crippen molar-refractivity contribution in [2.75, 3.05) is 13.6 Å². The summed E-state index contributed by atoms with van der Waals surface area (Å²) in [5, 5.41) is 11.6. The van der Waals surface area contributed by atoms with Crippen molar-refractivity contribution in [1.29, 1.82) is 0 Å². The van der Waals surface area contributed by atoms with Crippen molar-refractivity contribution >= 4 is 12.0 Å². The topological polar surface area (TPSA) is 69.6 Å². The van der Waals surface area contributed by atoms with Crippen LogP contribution in [0.25, 0.3) is 0 Å². The molecule has 0 saturated carbocycles. The van der Waals surface area contributed by atoms with Crippen LogP contribution >= 0.6 is 0 Å². The Morgan fingerprint density at radius 2 is 1.78 bits per heavy atom. The third-order valence-corrected chi connectivity index (χ3v) is 2.89. The van der Waals surface area contributed by atoms with Gasteiger partial charge in [-0.1, -0.05) is 39.5 Å². The summed E-state index contributed by atoms with van der Waals surface area (Å²) in [5.41, 5.74) is 0. The Labute approximate surface area is 110 Å². The molecule has 0 fully saturated rings. The Balaban J connectivity index is 4.10. The summed E-state index contributed by atoms with van der Waals surface area (Å²) < 4.78 is 0. The van der Waals surface area contributed by atoms with E-state index in [0.29, 0.717) is 13.0 Å². The van der Waals surface area contributed by atoms with E-state index < -0.39 is 12.0 Å². The molecule has 18 heavy (non-hydrogen) atoms. The van der Waals surface area contributed by atoms with Gasteiger partial charge in [-0.05, 0) is 12.8 Å². The van der Waals surface area contributed by atoms with Gasteiger partial charge in [0, 0.05) is 13.6 Å². The summed E-state index contributed by atoms with van der Waals surface area (Å²) in [6.07, 6.45) is 5.34. The minimum Gasteiger partial charge on any atom is -0.480 e. The monoisotopic (exact) mass is 258 g/mol. The number of carbonyl (C=O) groups excluding carboxylic acids is 1. The second-order valence-corrected chi connectivity index (χ2v) is 4.61. The smallest absolute Gasteiger partial charge is 0.326 e. The van der Waals surface area contributed by atoms with E-state index in [-0.39, 0.29) is 6.03 Å². The van der Waals surface area contributed by atoms with Gasteiger partial charge in [-0.25, -0.2) is 9.59 Å². The predicted octanol–water partition coefficient (Wildman–Crippen LogP) is 2.46. The molecule has 106 valence electrons. The Kier molecular flexibility index (Phi) is 9.06. The van der Waals surface area contributed by atoms with Crippen molar-refractivity contribution < 1.29 is 14.7 Å². The first-order valence-corrected chi connectivity index (χ1v) is 6.77. The SMILES string of the molecule is CCCCCN(C)C(=O)N[C@@H](CCCC)C(=O)O. The van der Waals surface area contributed by atoms with Crippen molar-refractivity contribution in [1.82, 2.24) is 10.2 Å². The van der Waals surface area contributed by atoms with Crippen LogP contribution < -0.4 is 5.32 Å². The fraction of sp³-hybridized carbons (Fsp3) is 0.846. The molecule has 0 aromatic carbocycles. The fourth-order valence-corrected chi connectivity index (χ4v) is 1.63. The van der Waals surface area contributed by atoms with Gasteiger partial charge in [0.2, 0.25) is 0 Å². The molecule has 5 nitrogen and oxygen atoms in total. The summed E-state index contributed by atoms with van der Waals surface area (Å²) in [6.45, 7) is 4.77. The van der Waals surface area contributed by atoms with Crippen LogP contribution in [0.5, 0.6) is 0 Å². The van der Waals surface area contributed by atoms with Gasteiger partial charge in [0.15, 0.2) is 0 Å². The molecule has 0 unspecified atom stereocenters.